The molecule has 1 aromatic carbocycles. The molecule has 5 rings (SSSR count). The summed E-state index contributed by atoms with van der Waals surface area (Å²) in [6.45, 7) is 8.88. The lowest BCUT2D eigenvalue weighted by atomic mass is 10.1. The van der Waals surface area contributed by atoms with E-state index in [0.29, 0.717) is 29.8 Å². The molecule has 4 aromatic rings. The van der Waals surface area contributed by atoms with E-state index in [9.17, 15) is 9.59 Å². The maximum absolute atomic E-state index is 13.5. The predicted octanol–water partition coefficient (Wildman–Crippen LogP) is 2.25. The van der Waals surface area contributed by atoms with Crippen molar-refractivity contribution in [2.75, 3.05) is 39.4 Å². The van der Waals surface area contributed by atoms with E-state index in [2.05, 4.69) is 10.2 Å². The number of morpholine rings is 1. The van der Waals surface area contributed by atoms with E-state index in [-0.39, 0.29) is 22.5 Å². The topological polar surface area (TPSA) is 105 Å². The average molecular weight is 501 g/mol. The van der Waals surface area contributed by atoms with Crippen LogP contribution in [0.1, 0.15) is 33.5 Å². The van der Waals surface area contributed by atoms with Crippen LogP contribution in [-0.4, -0.2) is 64.2 Å². The van der Waals surface area contributed by atoms with Gasteiger partial charge in [-0.15, -0.1) is 0 Å². The molecule has 1 aliphatic rings. The van der Waals surface area contributed by atoms with Gasteiger partial charge < -0.3 is 14.6 Å². The lowest BCUT2D eigenvalue weighted by Gasteiger charge is -2.26. The first-order valence-electron chi connectivity index (χ1n) is 12.7. The summed E-state index contributed by atoms with van der Waals surface area (Å²) < 4.78 is 8.55. The van der Waals surface area contributed by atoms with E-state index in [0.717, 1.165) is 56.0 Å². The second-order valence-electron chi connectivity index (χ2n) is 9.58. The number of pyridine rings is 2. The Morgan fingerprint density at radius 2 is 1.86 bits per heavy atom. The highest BCUT2D eigenvalue weighted by atomic mass is 16.5. The maximum Gasteiger partial charge on any atom is 0.267 e. The highest BCUT2D eigenvalue weighted by Crippen LogP contribution is 2.15. The average Bonchev–Trinajstić information content (AvgIpc) is 2.90. The molecule has 1 aliphatic heterocycles. The van der Waals surface area contributed by atoms with Crippen molar-refractivity contribution >= 4 is 22.6 Å². The molecule has 4 heterocycles. The van der Waals surface area contributed by atoms with E-state index in [1.165, 1.54) is 10.5 Å². The first kappa shape index (κ1) is 24.9. The zero-order valence-electron chi connectivity index (χ0n) is 21.3. The minimum atomic E-state index is -0.361. The Morgan fingerprint density at radius 3 is 2.62 bits per heavy atom. The summed E-state index contributed by atoms with van der Waals surface area (Å²) in [5, 5.41) is 12.2. The summed E-state index contributed by atoms with van der Waals surface area (Å²) in [6.07, 6.45) is 2.48. The van der Waals surface area contributed by atoms with Crippen molar-refractivity contribution in [2.45, 2.75) is 26.8 Å². The summed E-state index contributed by atoms with van der Waals surface area (Å²) in [5.74, 6) is -0.361. The Kier molecular flexibility index (Phi) is 7.16. The molecule has 0 unspecified atom stereocenters. The van der Waals surface area contributed by atoms with Crippen LogP contribution in [0.2, 0.25) is 0 Å². The second kappa shape index (κ2) is 10.7. The number of benzene rings is 1. The van der Waals surface area contributed by atoms with Gasteiger partial charge in [-0.2, -0.15) is 0 Å². The van der Waals surface area contributed by atoms with E-state index in [4.69, 9.17) is 15.1 Å². The third-order valence-electron chi connectivity index (χ3n) is 6.88. The quantitative estimate of drug-likeness (QED) is 0.299. The number of nitrogens with one attached hydrogen (secondary N) is 2. The van der Waals surface area contributed by atoms with Gasteiger partial charge in [0.1, 0.15) is 16.8 Å². The Labute approximate surface area is 214 Å². The van der Waals surface area contributed by atoms with Gasteiger partial charge in [-0.1, -0.05) is 35.9 Å². The lowest BCUT2D eigenvalue weighted by molar-refractivity contribution is 0.0374. The zero-order valence-corrected chi connectivity index (χ0v) is 21.3. The number of hydrogen-bond acceptors (Lipinski definition) is 6. The Bertz CT molecular complexity index is 1570. The van der Waals surface area contributed by atoms with E-state index < -0.39 is 0 Å². The van der Waals surface area contributed by atoms with Gasteiger partial charge >= 0.3 is 0 Å². The summed E-state index contributed by atoms with van der Waals surface area (Å²) in [6, 6.07) is 13.2. The van der Waals surface area contributed by atoms with Crippen molar-refractivity contribution in [1.29, 1.82) is 5.41 Å². The molecule has 192 valence electrons. The van der Waals surface area contributed by atoms with Crippen molar-refractivity contribution in [2.24, 2.45) is 0 Å². The van der Waals surface area contributed by atoms with Crippen LogP contribution in [0.4, 0.5) is 0 Å². The molecule has 2 N–H and O–H groups in total. The van der Waals surface area contributed by atoms with Crippen LogP contribution >= 0.6 is 0 Å². The second-order valence-corrected chi connectivity index (χ2v) is 9.58. The predicted molar refractivity (Wildman–Crippen MR) is 142 cm³/mol. The highest BCUT2D eigenvalue weighted by molar-refractivity contribution is 5.96. The van der Waals surface area contributed by atoms with Gasteiger partial charge in [0.15, 0.2) is 0 Å². The summed E-state index contributed by atoms with van der Waals surface area (Å²) >= 11 is 0. The van der Waals surface area contributed by atoms with E-state index in [1.807, 2.05) is 44.2 Å². The van der Waals surface area contributed by atoms with Crippen LogP contribution in [0.25, 0.3) is 16.7 Å². The molecule has 1 amide bonds. The number of rotatable bonds is 7. The Morgan fingerprint density at radius 1 is 1.11 bits per heavy atom. The molecule has 9 heteroatoms. The van der Waals surface area contributed by atoms with Crippen LogP contribution in [0.3, 0.4) is 0 Å². The third-order valence-corrected chi connectivity index (χ3v) is 6.88. The molecule has 1 fully saturated rings. The molecule has 0 aliphatic carbocycles. The fourth-order valence-electron chi connectivity index (χ4n) is 4.72. The monoisotopic (exact) mass is 500 g/mol. The molecule has 0 spiro atoms. The lowest BCUT2D eigenvalue weighted by Crippen LogP contribution is -2.39. The molecule has 1 saturated heterocycles. The molecular weight excluding hydrogens is 468 g/mol. The number of amides is 1. The van der Waals surface area contributed by atoms with Gasteiger partial charge in [0.2, 0.25) is 0 Å². The minimum absolute atomic E-state index is 0.0311. The van der Waals surface area contributed by atoms with Crippen LogP contribution < -0.4 is 16.4 Å². The molecule has 0 saturated carbocycles. The van der Waals surface area contributed by atoms with Crippen LogP contribution in [0.5, 0.6) is 0 Å². The van der Waals surface area contributed by atoms with E-state index in [1.54, 1.807) is 16.8 Å². The number of nitrogens with zero attached hydrogens (tertiary/aromatic N) is 4. The smallest absolute Gasteiger partial charge is 0.267 e. The maximum atomic E-state index is 13.5. The first-order chi connectivity index (χ1) is 17.9. The van der Waals surface area contributed by atoms with Crippen molar-refractivity contribution in [3.05, 3.63) is 86.8 Å². The largest absolute Gasteiger partial charge is 0.379 e. The van der Waals surface area contributed by atoms with Gasteiger partial charge in [-0.25, -0.2) is 4.98 Å². The van der Waals surface area contributed by atoms with Gasteiger partial charge in [-0.3, -0.25) is 24.3 Å². The molecule has 0 radical (unpaired) electrons. The standard InChI is InChI=1S/C28H32N6O3/c1-19-6-8-21(9-7-19)18-34-24(29)22(27(35)30-10-4-11-32-13-15-37-16-14-32)17-23-26(34)31-25-20(2)5-3-12-33(25)28(23)36/h3,5-9,12,17,29H,4,10-11,13-16,18H2,1-2H3,(H,30,35). The molecule has 0 atom stereocenters. The normalized spacial score (nSPS) is 14.3. The molecule has 9 nitrogen and oxygen atoms in total. The highest BCUT2D eigenvalue weighted by Gasteiger charge is 2.18. The van der Waals surface area contributed by atoms with Gasteiger partial charge in [-0.05, 0) is 50.1 Å². The van der Waals surface area contributed by atoms with Crippen molar-refractivity contribution in [1.82, 2.24) is 24.2 Å². The number of hydrogen-bond donors (Lipinski definition) is 2. The number of carbonyl (C=O) groups excluding carboxylic acids is 1. The van der Waals surface area contributed by atoms with Crippen LogP contribution in [-0.2, 0) is 11.3 Å². The van der Waals surface area contributed by atoms with Gasteiger partial charge in [0.25, 0.3) is 11.5 Å². The van der Waals surface area contributed by atoms with Crippen molar-refractivity contribution in [3.63, 3.8) is 0 Å². The van der Waals surface area contributed by atoms with E-state index >= 15 is 0 Å². The number of fused-ring (bicyclic) bond motifs is 2. The van der Waals surface area contributed by atoms with Crippen molar-refractivity contribution < 1.29 is 9.53 Å². The third kappa shape index (κ3) is 5.19. The van der Waals surface area contributed by atoms with Gasteiger partial charge in [0, 0.05) is 25.8 Å². The SMILES string of the molecule is Cc1ccc(Cn2c(=N)c(C(=O)NCCCN3CCOCC3)cc3c(=O)n4cccc(C)c4nc32)cc1. The fourth-order valence-corrected chi connectivity index (χ4v) is 4.72. The summed E-state index contributed by atoms with van der Waals surface area (Å²) in [7, 11) is 0. The Balaban J connectivity index is 1.52. The number of aromatic nitrogens is 3. The Hall–Kier alpha value is -3.82. The van der Waals surface area contributed by atoms with Crippen molar-refractivity contribution in [3.8, 4) is 0 Å². The summed E-state index contributed by atoms with van der Waals surface area (Å²) in [5.41, 5.74) is 3.82. The molecular formula is C28H32N6O3. The summed E-state index contributed by atoms with van der Waals surface area (Å²) in [4.78, 5) is 33.9. The van der Waals surface area contributed by atoms with Gasteiger partial charge in [0.05, 0.1) is 30.7 Å². The minimum Gasteiger partial charge on any atom is -0.379 e. The van der Waals surface area contributed by atoms with Crippen LogP contribution in [0.15, 0.2) is 53.5 Å². The number of ether oxygens (including phenoxy) is 1. The molecule has 37 heavy (non-hydrogen) atoms. The molecule has 3 aromatic heterocycles. The fraction of sp³-hybridized carbons (Fsp3) is 0.357. The first-order valence-corrected chi connectivity index (χ1v) is 12.7. The number of carbonyl (C=O) groups is 1. The zero-order chi connectivity index (χ0) is 25.9. The van der Waals surface area contributed by atoms with Crippen LogP contribution in [0, 0.1) is 19.3 Å². The number of aryl methyl sites for hydroxylation is 2. The molecule has 0 bridgehead atoms.